The molecule has 1 aromatic heterocycles. The Morgan fingerprint density at radius 3 is 1.79 bits per heavy atom. The van der Waals surface area contributed by atoms with Crippen LogP contribution in [0.1, 0.15) is 128 Å². The van der Waals surface area contributed by atoms with Gasteiger partial charge in [0.15, 0.2) is 6.29 Å². The molecule has 1 aromatic carbocycles. The lowest BCUT2D eigenvalue weighted by Crippen LogP contribution is -2.32. The van der Waals surface area contributed by atoms with Gasteiger partial charge in [-0.05, 0) is 42.9 Å². The molecule has 0 radical (unpaired) electrons. The van der Waals surface area contributed by atoms with Gasteiger partial charge in [0.25, 0.3) is 0 Å². The molecule has 0 spiro atoms. The maximum Gasteiger partial charge on any atom is 0.157 e. The summed E-state index contributed by atoms with van der Waals surface area (Å²) in [6.45, 7) is 6.27. The monoisotopic (exact) mass is 521 g/mol. The molecule has 0 bridgehead atoms. The second-order valence-corrected chi connectivity index (χ2v) is 11.5. The summed E-state index contributed by atoms with van der Waals surface area (Å²) in [5.41, 5.74) is 4.94. The van der Waals surface area contributed by atoms with Crippen LogP contribution in [-0.4, -0.2) is 24.5 Å². The Morgan fingerprint density at radius 1 is 0.605 bits per heavy atom. The third-order valence-corrected chi connectivity index (χ3v) is 8.06. The van der Waals surface area contributed by atoms with Gasteiger partial charge in [-0.3, -0.25) is 4.98 Å². The van der Waals surface area contributed by atoms with Crippen LogP contribution in [0.2, 0.25) is 0 Å². The number of unbranched alkanes of at least 4 members (excludes halogenated alkanes) is 12. The first-order valence-electron chi connectivity index (χ1n) is 16.1. The van der Waals surface area contributed by atoms with Crippen LogP contribution in [0.25, 0.3) is 11.3 Å². The first-order chi connectivity index (χ1) is 18.8. The van der Waals surface area contributed by atoms with Gasteiger partial charge in [0.1, 0.15) is 0 Å². The van der Waals surface area contributed by atoms with Crippen molar-refractivity contribution in [3.8, 4) is 11.3 Å². The van der Waals surface area contributed by atoms with Crippen molar-refractivity contribution in [1.82, 2.24) is 4.98 Å². The first-order valence-corrected chi connectivity index (χ1v) is 16.1. The lowest BCUT2D eigenvalue weighted by atomic mass is 10.0. The smallest absolute Gasteiger partial charge is 0.157 e. The molecule has 1 fully saturated rings. The molecule has 3 rings (SSSR count). The van der Waals surface area contributed by atoms with E-state index in [4.69, 9.17) is 14.5 Å². The topological polar surface area (TPSA) is 31.4 Å². The highest BCUT2D eigenvalue weighted by Gasteiger charge is 2.21. The number of rotatable bonds is 20. The Labute approximate surface area is 234 Å². The molecule has 2 heterocycles. The molecular weight excluding hydrogens is 466 g/mol. The second kappa shape index (κ2) is 19.4. The first kappa shape index (κ1) is 30.8. The van der Waals surface area contributed by atoms with Crippen LogP contribution >= 0.6 is 0 Å². The number of pyridine rings is 1. The average Bonchev–Trinajstić information content (AvgIpc) is 2.96. The van der Waals surface area contributed by atoms with E-state index in [2.05, 4.69) is 50.2 Å². The molecule has 0 N–H and O–H groups in total. The highest BCUT2D eigenvalue weighted by atomic mass is 16.7. The van der Waals surface area contributed by atoms with Crippen molar-refractivity contribution >= 4 is 0 Å². The lowest BCUT2D eigenvalue weighted by Gasteiger charge is -2.29. The predicted octanol–water partition coefficient (Wildman–Crippen LogP) is 10.1. The minimum atomic E-state index is -0.0660. The molecule has 0 aliphatic carbocycles. The van der Waals surface area contributed by atoms with E-state index >= 15 is 0 Å². The predicted molar refractivity (Wildman–Crippen MR) is 161 cm³/mol. The minimum absolute atomic E-state index is 0.0660. The molecule has 1 aliphatic rings. The number of benzene rings is 1. The molecule has 1 saturated heterocycles. The molecule has 0 saturated carbocycles. The van der Waals surface area contributed by atoms with Gasteiger partial charge in [-0.2, -0.15) is 0 Å². The van der Waals surface area contributed by atoms with Crippen molar-refractivity contribution in [3.63, 3.8) is 0 Å². The van der Waals surface area contributed by atoms with Gasteiger partial charge in [0.05, 0.1) is 18.9 Å². The summed E-state index contributed by atoms with van der Waals surface area (Å²) in [7, 11) is 0. The normalized spacial score (nSPS) is 17.6. The van der Waals surface area contributed by atoms with Crippen LogP contribution in [-0.2, 0) is 22.3 Å². The Morgan fingerprint density at radius 2 is 1.18 bits per heavy atom. The van der Waals surface area contributed by atoms with E-state index < -0.39 is 0 Å². The van der Waals surface area contributed by atoms with E-state index in [0.717, 1.165) is 31.7 Å². The third-order valence-electron chi connectivity index (χ3n) is 8.06. The summed E-state index contributed by atoms with van der Waals surface area (Å²) in [6.07, 6.45) is 25.4. The molecule has 0 amide bonds. The van der Waals surface area contributed by atoms with Crippen LogP contribution in [0.5, 0.6) is 0 Å². The number of aromatic nitrogens is 1. The fourth-order valence-corrected chi connectivity index (χ4v) is 5.46. The quantitative estimate of drug-likeness (QED) is 0.162. The fourth-order valence-electron chi connectivity index (χ4n) is 5.46. The van der Waals surface area contributed by atoms with E-state index in [1.165, 1.54) is 119 Å². The van der Waals surface area contributed by atoms with Crippen LogP contribution in [0.4, 0.5) is 0 Å². The number of hydrogen-bond donors (Lipinski definition) is 0. The Hall–Kier alpha value is -1.71. The van der Waals surface area contributed by atoms with E-state index in [9.17, 15) is 0 Å². The number of ether oxygens (including phenoxy) is 2. The van der Waals surface area contributed by atoms with Crippen molar-refractivity contribution in [3.05, 3.63) is 53.7 Å². The maximum absolute atomic E-state index is 6.05. The Bertz CT molecular complexity index is 824. The van der Waals surface area contributed by atoms with E-state index in [-0.39, 0.29) is 6.29 Å². The maximum atomic E-state index is 6.05. The number of hydrogen-bond acceptors (Lipinski definition) is 3. The molecule has 1 aliphatic heterocycles. The summed E-state index contributed by atoms with van der Waals surface area (Å²) in [6, 6.07) is 13.4. The fraction of sp³-hybridized carbons (Fsp3) is 0.686. The highest BCUT2D eigenvalue weighted by molar-refractivity contribution is 5.59. The molecule has 3 nitrogen and oxygen atoms in total. The second-order valence-electron chi connectivity index (χ2n) is 11.5. The largest absolute Gasteiger partial charge is 0.352 e. The highest BCUT2D eigenvalue weighted by Crippen LogP contribution is 2.23. The van der Waals surface area contributed by atoms with Gasteiger partial charge in [-0.25, -0.2) is 0 Å². The summed E-state index contributed by atoms with van der Waals surface area (Å²) in [5, 5.41) is 0. The van der Waals surface area contributed by atoms with Crippen molar-refractivity contribution in [1.29, 1.82) is 0 Å². The van der Waals surface area contributed by atoms with E-state index in [1.807, 2.05) is 6.20 Å². The van der Waals surface area contributed by atoms with Crippen LogP contribution < -0.4 is 0 Å². The zero-order chi connectivity index (χ0) is 26.7. The molecule has 2 aromatic rings. The molecule has 3 heteroatoms. The summed E-state index contributed by atoms with van der Waals surface area (Å²) in [4.78, 5) is 4.75. The van der Waals surface area contributed by atoms with Crippen LogP contribution in [0, 0.1) is 5.92 Å². The number of nitrogens with zero attached hydrogens (tertiary/aromatic N) is 1. The Balaban J connectivity index is 1.27. The van der Waals surface area contributed by atoms with E-state index in [1.54, 1.807) is 0 Å². The summed E-state index contributed by atoms with van der Waals surface area (Å²) < 4.78 is 12.1. The van der Waals surface area contributed by atoms with Crippen molar-refractivity contribution in [2.75, 3.05) is 13.2 Å². The lowest BCUT2D eigenvalue weighted by molar-refractivity contribution is -0.203. The average molecular weight is 522 g/mol. The summed E-state index contributed by atoms with van der Waals surface area (Å²) in [5.74, 6) is 0.574. The number of aryl methyl sites for hydroxylation is 2. The van der Waals surface area contributed by atoms with Gasteiger partial charge in [0, 0.05) is 24.1 Å². The Kier molecular flexibility index (Phi) is 15.7. The van der Waals surface area contributed by atoms with Crippen molar-refractivity contribution in [2.45, 2.75) is 136 Å². The molecule has 38 heavy (non-hydrogen) atoms. The molecular formula is C35H55NO2. The van der Waals surface area contributed by atoms with Gasteiger partial charge in [-0.15, -0.1) is 0 Å². The van der Waals surface area contributed by atoms with Gasteiger partial charge in [-0.1, -0.05) is 128 Å². The zero-order valence-corrected chi connectivity index (χ0v) is 24.6. The molecule has 212 valence electrons. The van der Waals surface area contributed by atoms with Crippen LogP contribution in [0.15, 0.2) is 42.6 Å². The summed E-state index contributed by atoms with van der Waals surface area (Å²) >= 11 is 0. The standard InChI is InChI=1S/C35H55NO2/c1-3-5-7-9-11-12-14-16-18-32-28-37-35(38-29-32)26-22-31-21-25-34(36-27-31)33-23-19-30(20-24-33)17-15-13-10-8-6-4-2/h19-21,23-25,27,32,35H,3-18,22,26,28-29H2,1-2H3. The van der Waals surface area contributed by atoms with Gasteiger partial charge >= 0.3 is 0 Å². The minimum Gasteiger partial charge on any atom is -0.352 e. The van der Waals surface area contributed by atoms with Crippen molar-refractivity contribution < 1.29 is 9.47 Å². The molecule has 0 atom stereocenters. The van der Waals surface area contributed by atoms with Crippen LogP contribution in [0.3, 0.4) is 0 Å². The van der Waals surface area contributed by atoms with Gasteiger partial charge in [0.2, 0.25) is 0 Å². The third kappa shape index (κ3) is 12.4. The SMILES string of the molecule is CCCCCCCCCCC1COC(CCc2ccc(-c3ccc(CCCCCCCC)cc3)nc2)OC1. The van der Waals surface area contributed by atoms with Crippen molar-refractivity contribution in [2.24, 2.45) is 5.92 Å². The zero-order valence-electron chi connectivity index (χ0n) is 24.6. The molecule has 0 unspecified atom stereocenters. The van der Waals surface area contributed by atoms with E-state index in [0.29, 0.717) is 5.92 Å². The van der Waals surface area contributed by atoms with Gasteiger partial charge < -0.3 is 9.47 Å².